The third-order valence-electron chi connectivity index (χ3n) is 4.54. The van der Waals surface area contributed by atoms with E-state index in [4.69, 9.17) is 5.84 Å². The van der Waals surface area contributed by atoms with Gasteiger partial charge in [0, 0.05) is 6.04 Å². The molecule has 1 aliphatic carbocycles. The highest BCUT2D eigenvalue weighted by molar-refractivity contribution is 5.06. The van der Waals surface area contributed by atoms with E-state index in [-0.39, 0.29) is 11.5 Å². The molecule has 0 aromatic carbocycles. The number of aromatic nitrogens is 3. The number of nitrogens with zero attached hydrogens (tertiary/aromatic N) is 3. The number of nitrogens with one attached hydrogen (secondary N) is 1. The standard InChI is InChI=1S/C15H29N5/c1-11(2)9-15(7-5-6-8-15)13(19-16)14-17-10-18-20(14)12(3)4/h10-13,19H,5-9,16H2,1-4H3. The second kappa shape index (κ2) is 6.22. The summed E-state index contributed by atoms with van der Waals surface area (Å²) in [4.78, 5) is 4.51. The third-order valence-corrected chi connectivity index (χ3v) is 4.54. The first-order valence-electron chi connectivity index (χ1n) is 7.85. The Kier molecular flexibility index (Phi) is 4.81. The van der Waals surface area contributed by atoms with Crippen LogP contribution in [0.25, 0.3) is 0 Å². The van der Waals surface area contributed by atoms with E-state index in [9.17, 15) is 0 Å². The zero-order valence-electron chi connectivity index (χ0n) is 13.3. The van der Waals surface area contributed by atoms with Crippen LogP contribution in [0.3, 0.4) is 0 Å². The summed E-state index contributed by atoms with van der Waals surface area (Å²) in [6.07, 6.45) is 7.88. The lowest BCUT2D eigenvalue weighted by Gasteiger charge is -2.38. The van der Waals surface area contributed by atoms with Gasteiger partial charge in [-0.25, -0.2) is 15.1 Å². The molecule has 0 aliphatic heterocycles. The lowest BCUT2D eigenvalue weighted by atomic mass is 9.72. The number of nitrogens with two attached hydrogens (primary N) is 1. The van der Waals surface area contributed by atoms with Gasteiger partial charge < -0.3 is 0 Å². The van der Waals surface area contributed by atoms with Crippen LogP contribution in [0.1, 0.15) is 77.7 Å². The average molecular weight is 279 g/mol. The molecule has 0 spiro atoms. The molecule has 1 aliphatic rings. The molecule has 0 radical (unpaired) electrons. The van der Waals surface area contributed by atoms with Crippen molar-refractivity contribution in [1.29, 1.82) is 0 Å². The molecule has 1 aromatic rings. The summed E-state index contributed by atoms with van der Waals surface area (Å²) >= 11 is 0. The minimum Gasteiger partial charge on any atom is -0.271 e. The lowest BCUT2D eigenvalue weighted by Crippen LogP contribution is -2.42. The van der Waals surface area contributed by atoms with E-state index in [0.717, 1.165) is 5.82 Å². The summed E-state index contributed by atoms with van der Waals surface area (Å²) in [6.45, 7) is 8.85. The molecule has 5 heteroatoms. The fraction of sp³-hybridized carbons (Fsp3) is 0.867. The summed E-state index contributed by atoms with van der Waals surface area (Å²) in [5, 5.41) is 4.38. The van der Waals surface area contributed by atoms with Gasteiger partial charge in [-0.1, -0.05) is 26.7 Å². The molecule has 1 saturated carbocycles. The predicted octanol–water partition coefficient (Wildman–Crippen LogP) is 2.97. The SMILES string of the molecule is CC(C)CC1(C(NN)c2ncnn2C(C)C)CCCC1. The Bertz CT molecular complexity index is 418. The zero-order valence-corrected chi connectivity index (χ0v) is 13.3. The highest BCUT2D eigenvalue weighted by Crippen LogP contribution is 2.51. The Morgan fingerprint density at radius 3 is 2.45 bits per heavy atom. The molecule has 3 N–H and O–H groups in total. The van der Waals surface area contributed by atoms with Gasteiger partial charge in [0.2, 0.25) is 0 Å². The first kappa shape index (κ1) is 15.4. The molecule has 0 saturated heterocycles. The van der Waals surface area contributed by atoms with Crippen LogP contribution in [0.4, 0.5) is 0 Å². The predicted molar refractivity (Wildman–Crippen MR) is 80.8 cm³/mol. The molecule has 2 rings (SSSR count). The minimum absolute atomic E-state index is 0.0947. The van der Waals surface area contributed by atoms with Crippen molar-refractivity contribution in [2.75, 3.05) is 0 Å². The van der Waals surface area contributed by atoms with Gasteiger partial charge >= 0.3 is 0 Å². The normalized spacial score (nSPS) is 19.9. The maximum Gasteiger partial charge on any atom is 0.146 e. The molecule has 1 aromatic heterocycles. The monoisotopic (exact) mass is 279 g/mol. The number of rotatable bonds is 6. The van der Waals surface area contributed by atoms with Crippen LogP contribution in [0.5, 0.6) is 0 Å². The molecule has 114 valence electrons. The van der Waals surface area contributed by atoms with E-state index in [1.165, 1.54) is 32.1 Å². The number of hydrogen-bond donors (Lipinski definition) is 2. The first-order valence-corrected chi connectivity index (χ1v) is 7.85. The molecular formula is C15H29N5. The van der Waals surface area contributed by atoms with Crippen molar-refractivity contribution in [1.82, 2.24) is 20.2 Å². The van der Waals surface area contributed by atoms with Gasteiger partial charge in [-0.2, -0.15) is 5.10 Å². The van der Waals surface area contributed by atoms with Crippen LogP contribution in [0.15, 0.2) is 6.33 Å². The Hall–Kier alpha value is -0.940. The third kappa shape index (κ3) is 2.88. The van der Waals surface area contributed by atoms with Crippen LogP contribution < -0.4 is 11.3 Å². The molecule has 20 heavy (non-hydrogen) atoms. The topological polar surface area (TPSA) is 68.8 Å². The molecule has 0 bridgehead atoms. The van der Waals surface area contributed by atoms with Gasteiger partial charge in [-0.05, 0) is 44.4 Å². The fourth-order valence-electron chi connectivity index (χ4n) is 3.89. The highest BCUT2D eigenvalue weighted by atomic mass is 15.4. The number of hydrogen-bond acceptors (Lipinski definition) is 4. The quantitative estimate of drug-likeness (QED) is 0.620. The maximum atomic E-state index is 5.94. The molecule has 1 unspecified atom stereocenters. The van der Waals surface area contributed by atoms with Crippen molar-refractivity contribution in [3.63, 3.8) is 0 Å². The van der Waals surface area contributed by atoms with Crippen molar-refractivity contribution < 1.29 is 0 Å². The van der Waals surface area contributed by atoms with Gasteiger partial charge in [0.05, 0.1) is 6.04 Å². The second-order valence-electron chi connectivity index (χ2n) is 6.92. The van der Waals surface area contributed by atoms with Crippen molar-refractivity contribution in [2.45, 2.75) is 71.9 Å². The fourth-order valence-corrected chi connectivity index (χ4v) is 3.89. The van der Waals surface area contributed by atoms with Crippen molar-refractivity contribution in [3.8, 4) is 0 Å². The molecule has 1 fully saturated rings. The van der Waals surface area contributed by atoms with Gasteiger partial charge in [-0.15, -0.1) is 0 Å². The maximum absolute atomic E-state index is 5.94. The highest BCUT2D eigenvalue weighted by Gasteiger charge is 2.44. The van der Waals surface area contributed by atoms with Crippen LogP contribution in [0, 0.1) is 11.3 Å². The van der Waals surface area contributed by atoms with Gasteiger partial charge in [0.25, 0.3) is 0 Å². The van der Waals surface area contributed by atoms with E-state index < -0.39 is 0 Å². The Morgan fingerprint density at radius 2 is 1.95 bits per heavy atom. The smallest absolute Gasteiger partial charge is 0.146 e. The van der Waals surface area contributed by atoms with E-state index in [2.05, 4.69) is 43.2 Å². The van der Waals surface area contributed by atoms with E-state index in [1.807, 2.05) is 4.68 Å². The Balaban J connectivity index is 2.35. The molecule has 5 nitrogen and oxygen atoms in total. The summed E-state index contributed by atoms with van der Waals surface area (Å²) in [6, 6.07) is 0.401. The molecule has 0 amide bonds. The summed E-state index contributed by atoms with van der Waals surface area (Å²) in [5.74, 6) is 7.60. The summed E-state index contributed by atoms with van der Waals surface area (Å²) in [5.41, 5.74) is 3.29. The van der Waals surface area contributed by atoms with Crippen molar-refractivity contribution in [3.05, 3.63) is 12.2 Å². The zero-order chi connectivity index (χ0) is 14.8. The first-order chi connectivity index (χ1) is 9.50. The van der Waals surface area contributed by atoms with Crippen LogP contribution in [-0.4, -0.2) is 14.8 Å². The van der Waals surface area contributed by atoms with Gasteiger partial charge in [0.1, 0.15) is 12.2 Å². The molecule has 1 atom stereocenters. The van der Waals surface area contributed by atoms with Gasteiger partial charge in [0.15, 0.2) is 0 Å². The number of hydrazine groups is 1. The summed E-state index contributed by atoms with van der Waals surface area (Å²) in [7, 11) is 0. The van der Waals surface area contributed by atoms with Gasteiger partial charge in [-0.3, -0.25) is 5.84 Å². The minimum atomic E-state index is 0.0947. The van der Waals surface area contributed by atoms with Crippen LogP contribution in [0.2, 0.25) is 0 Å². The Morgan fingerprint density at radius 1 is 1.30 bits per heavy atom. The van der Waals surface area contributed by atoms with Crippen LogP contribution >= 0.6 is 0 Å². The summed E-state index contributed by atoms with van der Waals surface area (Å²) < 4.78 is 2.00. The second-order valence-corrected chi connectivity index (χ2v) is 6.92. The molecule has 1 heterocycles. The largest absolute Gasteiger partial charge is 0.271 e. The van der Waals surface area contributed by atoms with Crippen molar-refractivity contribution in [2.24, 2.45) is 17.2 Å². The average Bonchev–Trinajstić information content (AvgIpc) is 2.99. The van der Waals surface area contributed by atoms with E-state index in [1.54, 1.807) is 6.33 Å². The lowest BCUT2D eigenvalue weighted by molar-refractivity contribution is 0.144. The molecular weight excluding hydrogens is 250 g/mol. The van der Waals surface area contributed by atoms with E-state index in [0.29, 0.717) is 12.0 Å². The Labute approximate surface area is 122 Å². The van der Waals surface area contributed by atoms with E-state index >= 15 is 0 Å². The van der Waals surface area contributed by atoms with Crippen molar-refractivity contribution >= 4 is 0 Å². The van der Waals surface area contributed by atoms with Crippen LogP contribution in [-0.2, 0) is 0 Å².